The minimum atomic E-state index is -0.391. The second kappa shape index (κ2) is 7.85. The number of benzene rings is 1. The second-order valence-electron chi connectivity index (χ2n) is 8.87. The molecule has 0 aromatic heterocycles. The van der Waals surface area contributed by atoms with Crippen molar-refractivity contribution in [3.05, 3.63) is 35.4 Å². The van der Waals surface area contributed by atoms with E-state index in [-0.39, 0.29) is 41.6 Å². The number of carbonyl (C=O) groups is 3. The lowest BCUT2D eigenvalue weighted by molar-refractivity contribution is -0.130. The molecular weight excluding hydrogens is 380 g/mol. The van der Waals surface area contributed by atoms with Gasteiger partial charge in [-0.25, -0.2) is 4.99 Å². The Kier molecular flexibility index (Phi) is 5.38. The molecule has 1 aromatic carbocycles. The third-order valence-corrected chi connectivity index (χ3v) is 7.15. The molecule has 2 unspecified atom stereocenters. The Balaban J connectivity index is 1.39. The van der Waals surface area contributed by atoms with E-state index in [2.05, 4.69) is 10.3 Å². The highest BCUT2D eigenvalue weighted by Gasteiger charge is 2.48. The number of hydrogen-bond acceptors (Lipinski definition) is 5. The zero-order chi connectivity index (χ0) is 21.5. The molecule has 2 aliphatic carbocycles. The molecule has 160 valence electrons. The molecule has 0 spiro atoms. The number of nitrogens with zero attached hydrogens (tertiary/aromatic N) is 2. The van der Waals surface area contributed by atoms with Crippen LogP contribution < -0.4 is 11.1 Å². The molecule has 1 fully saturated rings. The van der Waals surface area contributed by atoms with Crippen LogP contribution in [0.4, 0.5) is 0 Å². The minimum absolute atomic E-state index is 0.0111. The van der Waals surface area contributed by atoms with Crippen molar-refractivity contribution >= 4 is 24.1 Å². The molecule has 7 heteroatoms. The molecule has 3 aliphatic rings. The van der Waals surface area contributed by atoms with Gasteiger partial charge in [0.15, 0.2) is 5.96 Å². The average molecular weight is 411 g/mol. The number of nitrogens with one attached hydrogen (secondary N) is 1. The summed E-state index contributed by atoms with van der Waals surface area (Å²) in [5.74, 6) is -0.106. The minimum Gasteiger partial charge on any atom is -0.369 e. The van der Waals surface area contributed by atoms with E-state index in [1.807, 2.05) is 38.1 Å². The third-order valence-electron chi connectivity index (χ3n) is 7.15. The second-order valence-corrected chi connectivity index (χ2v) is 8.87. The summed E-state index contributed by atoms with van der Waals surface area (Å²) in [5, 5.41) is 3.08. The van der Waals surface area contributed by atoms with Crippen molar-refractivity contribution < 1.29 is 14.4 Å². The van der Waals surface area contributed by atoms with E-state index in [1.54, 1.807) is 4.90 Å². The van der Waals surface area contributed by atoms with Crippen molar-refractivity contribution in [3.63, 3.8) is 0 Å². The maximum atomic E-state index is 12.9. The maximum absolute atomic E-state index is 12.9. The Labute approximate surface area is 177 Å². The van der Waals surface area contributed by atoms with Gasteiger partial charge in [-0.3, -0.25) is 14.5 Å². The fraction of sp³-hybridized carbons (Fsp3) is 0.565. The van der Waals surface area contributed by atoms with E-state index in [0.717, 1.165) is 36.7 Å². The summed E-state index contributed by atoms with van der Waals surface area (Å²) >= 11 is 0. The van der Waals surface area contributed by atoms with Crippen LogP contribution in [0.25, 0.3) is 0 Å². The molecular formula is C23H30N4O3. The van der Waals surface area contributed by atoms with Gasteiger partial charge in [-0.1, -0.05) is 38.1 Å². The van der Waals surface area contributed by atoms with Crippen LogP contribution in [0.3, 0.4) is 0 Å². The van der Waals surface area contributed by atoms with Crippen LogP contribution in [0.1, 0.15) is 56.7 Å². The molecule has 0 bridgehead atoms. The fourth-order valence-corrected chi connectivity index (χ4v) is 4.90. The van der Waals surface area contributed by atoms with Crippen LogP contribution in [0, 0.1) is 17.8 Å². The van der Waals surface area contributed by atoms with Gasteiger partial charge >= 0.3 is 0 Å². The SMILES string of the molecule is CCC1(CC)CC(=O)N(C[C@H]2CC2C(=O)N[C@H]2c3ccccc3CC2C=O)C(N)=N1. The summed E-state index contributed by atoms with van der Waals surface area (Å²) in [5.41, 5.74) is 7.88. The first-order valence-electron chi connectivity index (χ1n) is 10.9. The monoisotopic (exact) mass is 410 g/mol. The van der Waals surface area contributed by atoms with Crippen LogP contribution >= 0.6 is 0 Å². The zero-order valence-electron chi connectivity index (χ0n) is 17.6. The van der Waals surface area contributed by atoms with Crippen LogP contribution in [0.2, 0.25) is 0 Å². The van der Waals surface area contributed by atoms with Gasteiger partial charge in [-0.05, 0) is 42.7 Å². The van der Waals surface area contributed by atoms with Gasteiger partial charge in [0.25, 0.3) is 0 Å². The van der Waals surface area contributed by atoms with Crippen LogP contribution in [0.5, 0.6) is 0 Å². The van der Waals surface area contributed by atoms with Crippen molar-refractivity contribution in [1.29, 1.82) is 0 Å². The van der Waals surface area contributed by atoms with Crippen molar-refractivity contribution in [1.82, 2.24) is 10.2 Å². The number of amides is 2. The lowest BCUT2D eigenvalue weighted by Crippen LogP contribution is -2.52. The first-order valence-corrected chi connectivity index (χ1v) is 10.9. The summed E-state index contributed by atoms with van der Waals surface area (Å²) in [6.07, 6.45) is 4.23. The van der Waals surface area contributed by atoms with E-state index in [0.29, 0.717) is 19.4 Å². The summed E-state index contributed by atoms with van der Waals surface area (Å²) in [6.45, 7) is 4.48. The molecule has 3 N–H and O–H groups in total. The predicted octanol–water partition coefficient (Wildman–Crippen LogP) is 1.96. The lowest BCUT2D eigenvalue weighted by atomic mass is 9.88. The molecule has 1 saturated carbocycles. The highest BCUT2D eigenvalue weighted by atomic mass is 16.2. The Morgan fingerprint density at radius 3 is 2.73 bits per heavy atom. The molecule has 4 rings (SSSR count). The van der Waals surface area contributed by atoms with E-state index >= 15 is 0 Å². The van der Waals surface area contributed by atoms with Gasteiger partial charge in [0.2, 0.25) is 11.8 Å². The van der Waals surface area contributed by atoms with Gasteiger partial charge in [-0.2, -0.15) is 0 Å². The number of guanidine groups is 1. The average Bonchev–Trinajstić information content (AvgIpc) is 3.44. The lowest BCUT2D eigenvalue weighted by Gasteiger charge is -2.36. The van der Waals surface area contributed by atoms with Crippen LogP contribution in [0.15, 0.2) is 29.3 Å². The number of fused-ring (bicyclic) bond motifs is 1. The molecule has 7 nitrogen and oxygen atoms in total. The molecule has 1 aliphatic heterocycles. The van der Waals surface area contributed by atoms with Gasteiger partial charge in [0, 0.05) is 18.4 Å². The zero-order valence-corrected chi connectivity index (χ0v) is 17.6. The van der Waals surface area contributed by atoms with E-state index in [9.17, 15) is 14.4 Å². The summed E-state index contributed by atoms with van der Waals surface area (Å²) in [6, 6.07) is 7.60. The largest absolute Gasteiger partial charge is 0.369 e. The number of carbonyl (C=O) groups excluding carboxylic acids is 3. The highest BCUT2D eigenvalue weighted by molar-refractivity contribution is 5.99. The number of rotatable bonds is 7. The highest BCUT2D eigenvalue weighted by Crippen LogP contribution is 2.42. The molecule has 1 heterocycles. The summed E-state index contributed by atoms with van der Waals surface area (Å²) < 4.78 is 0. The Hall–Kier alpha value is -2.70. The summed E-state index contributed by atoms with van der Waals surface area (Å²) in [4.78, 5) is 43.2. The first kappa shape index (κ1) is 20.6. The Morgan fingerprint density at radius 2 is 2.07 bits per heavy atom. The molecule has 2 amide bonds. The molecule has 1 aromatic rings. The third kappa shape index (κ3) is 3.61. The first-order chi connectivity index (χ1) is 14.4. The number of aliphatic imine (C=N–C) groups is 1. The van der Waals surface area contributed by atoms with E-state index in [1.165, 1.54) is 0 Å². The molecule has 0 saturated heterocycles. The van der Waals surface area contributed by atoms with Crippen LogP contribution in [-0.4, -0.2) is 41.0 Å². The molecule has 4 atom stereocenters. The quantitative estimate of drug-likeness (QED) is 0.670. The van der Waals surface area contributed by atoms with Gasteiger partial charge in [0.05, 0.1) is 18.0 Å². The van der Waals surface area contributed by atoms with E-state index in [4.69, 9.17) is 5.73 Å². The molecule has 30 heavy (non-hydrogen) atoms. The van der Waals surface area contributed by atoms with Gasteiger partial charge in [-0.15, -0.1) is 0 Å². The predicted molar refractivity (Wildman–Crippen MR) is 113 cm³/mol. The van der Waals surface area contributed by atoms with Gasteiger partial charge < -0.3 is 15.8 Å². The van der Waals surface area contributed by atoms with Crippen molar-refractivity contribution in [3.8, 4) is 0 Å². The fourth-order valence-electron chi connectivity index (χ4n) is 4.90. The van der Waals surface area contributed by atoms with Crippen molar-refractivity contribution in [2.45, 2.75) is 57.5 Å². The maximum Gasteiger partial charge on any atom is 0.231 e. The van der Waals surface area contributed by atoms with Crippen molar-refractivity contribution in [2.24, 2.45) is 28.5 Å². The normalized spacial score (nSPS) is 29.2. The summed E-state index contributed by atoms with van der Waals surface area (Å²) in [7, 11) is 0. The number of nitrogens with two attached hydrogens (primary N) is 1. The van der Waals surface area contributed by atoms with Crippen molar-refractivity contribution in [2.75, 3.05) is 6.54 Å². The number of aldehydes is 1. The Bertz CT molecular complexity index is 892. The number of hydrogen-bond donors (Lipinski definition) is 2. The van der Waals surface area contributed by atoms with E-state index < -0.39 is 5.54 Å². The van der Waals surface area contributed by atoms with Gasteiger partial charge in [0.1, 0.15) is 6.29 Å². The topological polar surface area (TPSA) is 105 Å². The van der Waals surface area contributed by atoms with Crippen LogP contribution in [-0.2, 0) is 20.8 Å². The Morgan fingerprint density at radius 1 is 1.33 bits per heavy atom. The standard InChI is InChI=1S/C23H30N4O3/c1-3-23(4-2)11-19(29)27(22(24)26-23)12-15-10-18(15)21(30)25-20-16(13-28)9-14-7-5-6-8-17(14)20/h5-8,13,15-16,18,20H,3-4,9-12H2,1-2H3,(H2,24,26)(H,25,30)/t15-,16?,18?,20-/m1/s1. The smallest absolute Gasteiger partial charge is 0.231 e. The molecule has 0 radical (unpaired) electrons.